The fourth-order valence-electron chi connectivity index (χ4n) is 2.75. The second-order valence-corrected chi connectivity index (χ2v) is 6.59. The van der Waals surface area contributed by atoms with E-state index in [1.165, 1.54) is 0 Å². The van der Waals surface area contributed by atoms with Crippen molar-refractivity contribution in [2.45, 2.75) is 12.8 Å². The number of hydrogen-bond acceptors (Lipinski definition) is 4. The van der Waals surface area contributed by atoms with E-state index in [-0.39, 0.29) is 24.3 Å². The largest absolute Gasteiger partial charge is 0.355 e. The molecule has 1 saturated heterocycles. The summed E-state index contributed by atoms with van der Waals surface area (Å²) in [5.41, 5.74) is 5.89. The molecule has 2 amide bonds. The highest BCUT2D eigenvalue weighted by Crippen LogP contribution is 2.29. The molecular weight excluding hydrogens is 351 g/mol. The third-order valence-electron chi connectivity index (χ3n) is 3.91. The summed E-state index contributed by atoms with van der Waals surface area (Å²) in [6.07, 6.45) is 1.71. The Morgan fingerprint density at radius 2 is 2.12 bits per heavy atom. The zero-order valence-corrected chi connectivity index (χ0v) is 14.9. The molecule has 1 fully saturated rings. The molecule has 6 nitrogen and oxygen atoms in total. The van der Waals surface area contributed by atoms with Crippen molar-refractivity contribution < 1.29 is 9.59 Å². The maximum absolute atomic E-state index is 12.2. The van der Waals surface area contributed by atoms with E-state index >= 15 is 0 Å². The average Bonchev–Trinajstić information content (AvgIpc) is 2.57. The summed E-state index contributed by atoms with van der Waals surface area (Å²) in [5, 5.41) is 6.29. The zero-order chi connectivity index (χ0) is 17.5. The number of benzene rings is 1. The van der Waals surface area contributed by atoms with Crippen molar-refractivity contribution in [2.24, 2.45) is 11.7 Å². The molecule has 1 atom stereocenters. The van der Waals surface area contributed by atoms with Crippen molar-refractivity contribution in [2.75, 3.05) is 38.0 Å². The van der Waals surface area contributed by atoms with E-state index in [1.807, 2.05) is 4.90 Å². The quantitative estimate of drug-likeness (QED) is 0.709. The summed E-state index contributed by atoms with van der Waals surface area (Å²) < 4.78 is 0. The van der Waals surface area contributed by atoms with Crippen LogP contribution < -0.4 is 16.4 Å². The van der Waals surface area contributed by atoms with E-state index in [9.17, 15) is 9.59 Å². The molecule has 1 unspecified atom stereocenters. The van der Waals surface area contributed by atoms with Gasteiger partial charge >= 0.3 is 0 Å². The van der Waals surface area contributed by atoms with Crippen molar-refractivity contribution in [3.63, 3.8) is 0 Å². The van der Waals surface area contributed by atoms with E-state index in [0.29, 0.717) is 35.4 Å². The van der Waals surface area contributed by atoms with Crippen molar-refractivity contribution in [3.05, 3.63) is 28.2 Å². The number of hydrogen-bond donors (Lipinski definition) is 3. The first kappa shape index (κ1) is 19.0. The number of halogens is 2. The Hall–Kier alpha value is -1.34. The molecule has 0 aromatic heterocycles. The Morgan fingerprint density at radius 3 is 2.88 bits per heavy atom. The normalized spacial score (nSPS) is 18.2. The molecule has 2 rings (SSSR count). The van der Waals surface area contributed by atoms with Crippen LogP contribution in [0, 0.1) is 5.92 Å². The molecular formula is C16H22Cl2N4O2. The second kappa shape index (κ2) is 9.22. The first-order valence-electron chi connectivity index (χ1n) is 7.95. The molecule has 1 aromatic carbocycles. The predicted octanol–water partition coefficient (Wildman–Crippen LogP) is 1.72. The van der Waals surface area contributed by atoms with Crippen molar-refractivity contribution in [1.29, 1.82) is 0 Å². The SMILES string of the molecule is NCCNC(=O)C1CCCN(CC(=O)Nc2cccc(Cl)c2Cl)C1. The molecule has 0 aliphatic carbocycles. The van der Waals surface area contributed by atoms with Gasteiger partial charge < -0.3 is 16.4 Å². The molecule has 4 N–H and O–H groups in total. The Balaban J connectivity index is 1.87. The molecule has 0 spiro atoms. The van der Waals surface area contributed by atoms with Crippen LogP contribution in [0.4, 0.5) is 5.69 Å². The summed E-state index contributed by atoms with van der Waals surface area (Å²) in [7, 11) is 0. The zero-order valence-electron chi connectivity index (χ0n) is 13.4. The van der Waals surface area contributed by atoms with Crippen LogP contribution in [0.25, 0.3) is 0 Å². The van der Waals surface area contributed by atoms with Gasteiger partial charge in [-0.25, -0.2) is 0 Å². The van der Waals surface area contributed by atoms with Crippen LogP contribution in [-0.4, -0.2) is 49.4 Å². The number of likely N-dealkylation sites (tertiary alicyclic amines) is 1. The number of anilines is 1. The lowest BCUT2D eigenvalue weighted by Crippen LogP contribution is -2.46. The molecule has 1 heterocycles. The van der Waals surface area contributed by atoms with Gasteiger partial charge in [0.15, 0.2) is 0 Å². The first-order chi connectivity index (χ1) is 11.5. The molecule has 0 saturated carbocycles. The van der Waals surface area contributed by atoms with Crippen LogP contribution >= 0.6 is 23.2 Å². The molecule has 0 radical (unpaired) electrons. The number of carbonyl (C=O) groups is 2. The van der Waals surface area contributed by atoms with Crippen molar-refractivity contribution >= 4 is 40.7 Å². The molecule has 0 bridgehead atoms. The molecule has 8 heteroatoms. The third-order valence-corrected chi connectivity index (χ3v) is 4.73. The Labute approximate surface area is 151 Å². The minimum atomic E-state index is -0.179. The Morgan fingerprint density at radius 1 is 1.33 bits per heavy atom. The minimum Gasteiger partial charge on any atom is -0.355 e. The lowest BCUT2D eigenvalue weighted by Gasteiger charge is -2.31. The fourth-order valence-corrected chi connectivity index (χ4v) is 3.09. The smallest absolute Gasteiger partial charge is 0.238 e. The van der Waals surface area contributed by atoms with Crippen LogP contribution in [0.5, 0.6) is 0 Å². The summed E-state index contributed by atoms with van der Waals surface area (Å²) in [6, 6.07) is 5.09. The minimum absolute atomic E-state index is 0.00319. The van der Waals surface area contributed by atoms with Gasteiger partial charge in [0.1, 0.15) is 0 Å². The van der Waals surface area contributed by atoms with Gasteiger partial charge in [-0.1, -0.05) is 29.3 Å². The summed E-state index contributed by atoms with van der Waals surface area (Å²) in [4.78, 5) is 26.2. The number of nitrogens with one attached hydrogen (secondary N) is 2. The van der Waals surface area contributed by atoms with Crippen LogP contribution in [0.3, 0.4) is 0 Å². The molecule has 1 aromatic rings. The Kier molecular flexibility index (Phi) is 7.30. The van der Waals surface area contributed by atoms with Gasteiger partial charge in [0, 0.05) is 19.6 Å². The Bertz CT molecular complexity index is 597. The van der Waals surface area contributed by atoms with Crippen LogP contribution in [0.2, 0.25) is 10.0 Å². The second-order valence-electron chi connectivity index (χ2n) is 5.80. The third kappa shape index (κ3) is 5.34. The van der Waals surface area contributed by atoms with Crippen LogP contribution in [-0.2, 0) is 9.59 Å². The van der Waals surface area contributed by atoms with E-state index in [1.54, 1.807) is 18.2 Å². The molecule has 1 aliphatic rings. The van der Waals surface area contributed by atoms with Crippen molar-refractivity contribution in [3.8, 4) is 0 Å². The van der Waals surface area contributed by atoms with E-state index < -0.39 is 0 Å². The maximum atomic E-state index is 12.2. The van der Waals surface area contributed by atoms with E-state index in [2.05, 4.69) is 10.6 Å². The number of rotatable bonds is 6. The number of nitrogens with zero attached hydrogens (tertiary/aromatic N) is 1. The number of amides is 2. The first-order valence-corrected chi connectivity index (χ1v) is 8.71. The standard InChI is InChI=1S/C16H22Cl2N4O2/c17-12-4-1-5-13(15(12)18)21-14(23)10-22-8-2-3-11(9-22)16(24)20-7-6-19/h1,4-5,11H,2-3,6-10,19H2,(H,20,24)(H,21,23). The lowest BCUT2D eigenvalue weighted by molar-refractivity contribution is -0.127. The summed E-state index contributed by atoms with van der Waals surface area (Å²) in [5.74, 6) is -0.279. The number of carbonyl (C=O) groups excluding carboxylic acids is 2. The van der Waals surface area contributed by atoms with E-state index in [0.717, 1.165) is 19.4 Å². The monoisotopic (exact) mass is 372 g/mol. The topological polar surface area (TPSA) is 87.5 Å². The molecule has 24 heavy (non-hydrogen) atoms. The highest BCUT2D eigenvalue weighted by atomic mass is 35.5. The van der Waals surface area contributed by atoms with Crippen LogP contribution in [0.15, 0.2) is 18.2 Å². The fraction of sp³-hybridized carbons (Fsp3) is 0.500. The van der Waals surface area contributed by atoms with Gasteiger partial charge in [-0.2, -0.15) is 0 Å². The highest BCUT2D eigenvalue weighted by Gasteiger charge is 2.26. The number of piperidine rings is 1. The van der Waals surface area contributed by atoms with Gasteiger partial charge in [-0.05, 0) is 31.5 Å². The van der Waals surface area contributed by atoms with Gasteiger partial charge in [0.25, 0.3) is 0 Å². The van der Waals surface area contributed by atoms with Gasteiger partial charge in [0.05, 0.1) is 28.2 Å². The summed E-state index contributed by atoms with van der Waals surface area (Å²) in [6.45, 7) is 2.46. The highest BCUT2D eigenvalue weighted by molar-refractivity contribution is 6.44. The molecule has 1 aliphatic heterocycles. The predicted molar refractivity (Wildman–Crippen MR) is 96.3 cm³/mol. The molecule has 132 valence electrons. The lowest BCUT2D eigenvalue weighted by atomic mass is 9.97. The average molecular weight is 373 g/mol. The van der Waals surface area contributed by atoms with E-state index in [4.69, 9.17) is 28.9 Å². The van der Waals surface area contributed by atoms with Crippen molar-refractivity contribution in [1.82, 2.24) is 10.2 Å². The maximum Gasteiger partial charge on any atom is 0.238 e. The summed E-state index contributed by atoms with van der Waals surface area (Å²) >= 11 is 12.0. The number of nitrogens with two attached hydrogens (primary N) is 1. The van der Waals surface area contributed by atoms with Gasteiger partial charge in [-0.15, -0.1) is 0 Å². The van der Waals surface area contributed by atoms with Gasteiger partial charge in [-0.3, -0.25) is 14.5 Å². The van der Waals surface area contributed by atoms with Crippen LogP contribution in [0.1, 0.15) is 12.8 Å². The van der Waals surface area contributed by atoms with Gasteiger partial charge in [0.2, 0.25) is 11.8 Å².